The molecule has 0 aromatic rings. The normalized spacial score (nSPS) is 15.3. The molecule has 0 radical (unpaired) electrons. The minimum Gasteiger partial charge on any atom is -0.351 e. The van der Waals surface area contributed by atoms with Crippen molar-refractivity contribution in [3.8, 4) is 0 Å². The molecule has 4 heteroatoms. The molecular formula is C10H22N2OS. The van der Waals surface area contributed by atoms with Gasteiger partial charge in [0.15, 0.2) is 0 Å². The Morgan fingerprint density at radius 1 is 1.43 bits per heavy atom. The third kappa shape index (κ3) is 5.50. The van der Waals surface area contributed by atoms with Crippen molar-refractivity contribution in [2.75, 3.05) is 12.8 Å². The SMILES string of the molecule is CSC(C)C(=O)NC(CN)CC(C)C. The van der Waals surface area contributed by atoms with Crippen LogP contribution in [0.15, 0.2) is 0 Å². The van der Waals surface area contributed by atoms with Gasteiger partial charge in [0.1, 0.15) is 0 Å². The van der Waals surface area contributed by atoms with Crippen LogP contribution in [-0.4, -0.2) is 30.0 Å². The number of thioether (sulfide) groups is 1. The van der Waals surface area contributed by atoms with Gasteiger partial charge in [0, 0.05) is 12.6 Å². The van der Waals surface area contributed by atoms with Crippen molar-refractivity contribution in [3.05, 3.63) is 0 Å². The van der Waals surface area contributed by atoms with Crippen LogP contribution in [0.1, 0.15) is 27.2 Å². The van der Waals surface area contributed by atoms with Crippen LogP contribution >= 0.6 is 11.8 Å². The summed E-state index contributed by atoms with van der Waals surface area (Å²) in [6.45, 7) is 6.69. The van der Waals surface area contributed by atoms with Gasteiger partial charge in [-0.05, 0) is 25.5 Å². The highest BCUT2D eigenvalue weighted by Crippen LogP contribution is 2.07. The van der Waals surface area contributed by atoms with Crippen LogP contribution in [0.3, 0.4) is 0 Å². The minimum atomic E-state index is 0.0104. The molecule has 84 valence electrons. The van der Waals surface area contributed by atoms with Gasteiger partial charge in [-0.3, -0.25) is 4.79 Å². The molecule has 3 nitrogen and oxygen atoms in total. The first-order valence-corrected chi connectivity index (χ1v) is 6.33. The van der Waals surface area contributed by atoms with Crippen LogP contribution in [0.2, 0.25) is 0 Å². The topological polar surface area (TPSA) is 55.1 Å². The summed E-state index contributed by atoms with van der Waals surface area (Å²) in [4.78, 5) is 11.5. The van der Waals surface area contributed by atoms with E-state index in [1.807, 2.05) is 13.2 Å². The first-order valence-electron chi connectivity index (χ1n) is 5.04. The van der Waals surface area contributed by atoms with Crippen molar-refractivity contribution < 1.29 is 4.79 Å². The Balaban J connectivity index is 3.98. The molecule has 0 saturated heterocycles. The summed E-state index contributed by atoms with van der Waals surface area (Å²) in [7, 11) is 0. The highest BCUT2D eigenvalue weighted by Gasteiger charge is 2.16. The van der Waals surface area contributed by atoms with E-state index >= 15 is 0 Å². The van der Waals surface area contributed by atoms with E-state index in [9.17, 15) is 4.79 Å². The molecule has 0 spiro atoms. The van der Waals surface area contributed by atoms with E-state index in [0.29, 0.717) is 12.5 Å². The molecule has 0 heterocycles. The quantitative estimate of drug-likeness (QED) is 0.705. The molecule has 14 heavy (non-hydrogen) atoms. The second kappa shape index (κ2) is 7.12. The Morgan fingerprint density at radius 2 is 2.00 bits per heavy atom. The van der Waals surface area contributed by atoms with Gasteiger partial charge in [0.2, 0.25) is 5.91 Å². The Hall–Kier alpha value is -0.220. The number of carbonyl (C=O) groups excluding carboxylic acids is 1. The smallest absolute Gasteiger partial charge is 0.233 e. The number of amides is 1. The zero-order valence-electron chi connectivity index (χ0n) is 9.54. The molecule has 0 saturated carbocycles. The van der Waals surface area contributed by atoms with Crippen LogP contribution in [0.5, 0.6) is 0 Å². The number of hydrogen-bond donors (Lipinski definition) is 2. The molecule has 0 aliphatic heterocycles. The van der Waals surface area contributed by atoms with E-state index in [1.54, 1.807) is 11.8 Å². The fourth-order valence-corrected chi connectivity index (χ4v) is 1.49. The number of rotatable bonds is 6. The molecule has 0 bridgehead atoms. The molecule has 0 aromatic carbocycles. The minimum absolute atomic E-state index is 0.0104. The number of nitrogens with one attached hydrogen (secondary N) is 1. The highest BCUT2D eigenvalue weighted by molar-refractivity contribution is 7.99. The molecular weight excluding hydrogens is 196 g/mol. The summed E-state index contributed by atoms with van der Waals surface area (Å²) in [5.74, 6) is 0.655. The largest absolute Gasteiger partial charge is 0.351 e. The standard InChI is InChI=1S/C10H22N2OS/c1-7(2)5-9(6-11)12-10(13)8(3)14-4/h7-9H,5-6,11H2,1-4H3,(H,12,13). The molecule has 0 fully saturated rings. The zero-order valence-corrected chi connectivity index (χ0v) is 10.4. The molecule has 2 atom stereocenters. The van der Waals surface area contributed by atoms with Gasteiger partial charge in [0.25, 0.3) is 0 Å². The average Bonchev–Trinajstić information content (AvgIpc) is 2.14. The lowest BCUT2D eigenvalue weighted by molar-refractivity contribution is -0.121. The predicted octanol–water partition coefficient (Wildman–Crippen LogP) is 1.23. The molecule has 3 N–H and O–H groups in total. The van der Waals surface area contributed by atoms with Gasteiger partial charge in [-0.15, -0.1) is 0 Å². The Morgan fingerprint density at radius 3 is 2.36 bits per heavy atom. The summed E-state index contributed by atoms with van der Waals surface area (Å²) in [5, 5.41) is 2.97. The summed E-state index contributed by atoms with van der Waals surface area (Å²) in [6, 6.07) is 0.122. The van der Waals surface area contributed by atoms with Gasteiger partial charge in [0.05, 0.1) is 5.25 Å². The van der Waals surface area contributed by atoms with Crippen molar-refractivity contribution in [3.63, 3.8) is 0 Å². The van der Waals surface area contributed by atoms with E-state index in [1.165, 1.54) is 0 Å². The lowest BCUT2D eigenvalue weighted by Crippen LogP contribution is -2.44. The van der Waals surface area contributed by atoms with E-state index in [-0.39, 0.29) is 17.2 Å². The monoisotopic (exact) mass is 218 g/mol. The van der Waals surface area contributed by atoms with Gasteiger partial charge in [-0.25, -0.2) is 0 Å². The zero-order chi connectivity index (χ0) is 11.1. The van der Waals surface area contributed by atoms with Gasteiger partial charge >= 0.3 is 0 Å². The van der Waals surface area contributed by atoms with Crippen molar-refractivity contribution in [1.82, 2.24) is 5.32 Å². The van der Waals surface area contributed by atoms with Crippen molar-refractivity contribution in [1.29, 1.82) is 0 Å². The molecule has 2 unspecified atom stereocenters. The Labute approximate surface area is 91.2 Å². The summed E-state index contributed by atoms with van der Waals surface area (Å²) in [6.07, 6.45) is 2.88. The van der Waals surface area contributed by atoms with Crippen LogP contribution in [0.25, 0.3) is 0 Å². The number of carbonyl (C=O) groups is 1. The van der Waals surface area contributed by atoms with Crippen molar-refractivity contribution in [2.45, 2.75) is 38.5 Å². The molecule has 0 aromatic heterocycles. The third-order valence-corrected chi connectivity index (χ3v) is 3.03. The van der Waals surface area contributed by atoms with Crippen LogP contribution in [-0.2, 0) is 4.79 Å². The van der Waals surface area contributed by atoms with E-state index in [0.717, 1.165) is 6.42 Å². The second-order valence-electron chi connectivity index (χ2n) is 3.95. The Bertz CT molecular complexity index is 174. The van der Waals surface area contributed by atoms with E-state index < -0.39 is 0 Å². The summed E-state index contributed by atoms with van der Waals surface area (Å²) in [5.41, 5.74) is 5.59. The van der Waals surface area contributed by atoms with Crippen LogP contribution < -0.4 is 11.1 Å². The molecule has 0 aliphatic rings. The van der Waals surface area contributed by atoms with Gasteiger partial charge in [-0.1, -0.05) is 13.8 Å². The Kier molecular flexibility index (Phi) is 7.01. The first-order chi connectivity index (χ1) is 6.51. The third-order valence-electron chi connectivity index (χ3n) is 2.11. The van der Waals surface area contributed by atoms with E-state index in [4.69, 9.17) is 5.73 Å². The van der Waals surface area contributed by atoms with Gasteiger partial charge in [-0.2, -0.15) is 11.8 Å². The van der Waals surface area contributed by atoms with Crippen molar-refractivity contribution >= 4 is 17.7 Å². The number of hydrogen-bond acceptors (Lipinski definition) is 3. The predicted molar refractivity (Wildman–Crippen MR) is 63.4 cm³/mol. The highest BCUT2D eigenvalue weighted by atomic mass is 32.2. The lowest BCUT2D eigenvalue weighted by Gasteiger charge is -2.20. The maximum atomic E-state index is 11.5. The average molecular weight is 218 g/mol. The molecule has 0 rings (SSSR count). The molecule has 0 aliphatic carbocycles. The fraction of sp³-hybridized carbons (Fsp3) is 0.900. The van der Waals surface area contributed by atoms with Gasteiger partial charge < -0.3 is 11.1 Å². The maximum absolute atomic E-state index is 11.5. The van der Waals surface area contributed by atoms with Crippen LogP contribution in [0, 0.1) is 5.92 Å². The first kappa shape index (κ1) is 13.8. The van der Waals surface area contributed by atoms with E-state index in [2.05, 4.69) is 19.2 Å². The molecule has 1 amide bonds. The van der Waals surface area contributed by atoms with Crippen LogP contribution in [0.4, 0.5) is 0 Å². The van der Waals surface area contributed by atoms with Crippen molar-refractivity contribution in [2.24, 2.45) is 11.7 Å². The second-order valence-corrected chi connectivity index (χ2v) is 5.13. The maximum Gasteiger partial charge on any atom is 0.233 e. The lowest BCUT2D eigenvalue weighted by atomic mass is 10.0. The summed E-state index contributed by atoms with van der Waals surface area (Å²) < 4.78 is 0. The number of nitrogens with two attached hydrogens (primary N) is 1. The summed E-state index contributed by atoms with van der Waals surface area (Å²) >= 11 is 1.55. The fourth-order valence-electron chi connectivity index (χ4n) is 1.21.